The van der Waals surface area contributed by atoms with Crippen molar-refractivity contribution in [2.45, 2.75) is 13.0 Å². The topological polar surface area (TPSA) is 106 Å². The highest BCUT2D eigenvalue weighted by Crippen LogP contribution is 2.36. The molecular weight excluding hydrogens is 344 g/mol. The van der Waals surface area contributed by atoms with Crippen LogP contribution in [0, 0.1) is 11.3 Å². The monoisotopic (exact) mass is 358 g/mol. The number of carboxylic acids is 1. The summed E-state index contributed by atoms with van der Waals surface area (Å²) in [5, 5.41) is 19.5. The third kappa shape index (κ3) is 2.69. The first kappa shape index (κ1) is 16.7. The van der Waals surface area contributed by atoms with Gasteiger partial charge in [-0.25, -0.2) is 20.0 Å². The molecule has 132 valence electrons. The molecule has 2 aromatic carbocycles. The summed E-state index contributed by atoms with van der Waals surface area (Å²) in [5.74, 6) is -0.991. The lowest BCUT2D eigenvalue weighted by Gasteiger charge is -2.12. The van der Waals surface area contributed by atoms with Gasteiger partial charge >= 0.3 is 12.0 Å². The summed E-state index contributed by atoms with van der Waals surface area (Å²) in [6, 6.07) is 14.9. The van der Waals surface area contributed by atoms with E-state index in [9.17, 15) is 9.59 Å². The summed E-state index contributed by atoms with van der Waals surface area (Å²) in [7, 11) is 0. The lowest BCUT2D eigenvalue weighted by molar-refractivity contribution is 0.0697. The van der Waals surface area contributed by atoms with Crippen LogP contribution < -0.4 is 5.43 Å². The molecule has 0 aliphatic carbocycles. The zero-order chi connectivity index (χ0) is 19.1. The maximum absolute atomic E-state index is 12.3. The molecule has 2 aromatic rings. The highest BCUT2D eigenvalue weighted by Gasteiger charge is 2.40. The minimum Gasteiger partial charge on any atom is -0.478 e. The Kier molecular flexibility index (Phi) is 3.83. The minimum atomic E-state index is -0.991. The zero-order valence-electron chi connectivity index (χ0n) is 14.3. The first-order valence-corrected chi connectivity index (χ1v) is 8.27. The van der Waals surface area contributed by atoms with E-state index in [1.165, 1.54) is 17.1 Å². The van der Waals surface area contributed by atoms with Gasteiger partial charge in [0.05, 0.1) is 28.9 Å². The number of fused-ring (bicyclic) bond motifs is 1. The van der Waals surface area contributed by atoms with E-state index in [0.717, 1.165) is 16.7 Å². The first-order valence-electron chi connectivity index (χ1n) is 8.27. The Morgan fingerprint density at radius 2 is 1.78 bits per heavy atom. The number of nitriles is 1. The van der Waals surface area contributed by atoms with Gasteiger partial charge in [0.1, 0.15) is 5.71 Å². The number of nitrogens with zero attached hydrogens (tertiary/aromatic N) is 3. The number of rotatable bonds is 3. The number of hydrogen-bond donors (Lipinski definition) is 2. The number of hydrazine groups is 1. The molecular formula is C20H14N4O3. The molecule has 0 saturated heterocycles. The highest BCUT2D eigenvalue weighted by atomic mass is 16.4. The summed E-state index contributed by atoms with van der Waals surface area (Å²) in [4.78, 5) is 27.6. The van der Waals surface area contributed by atoms with Crippen molar-refractivity contribution < 1.29 is 14.7 Å². The average molecular weight is 358 g/mol. The van der Waals surface area contributed by atoms with Gasteiger partial charge in [0.15, 0.2) is 0 Å². The predicted molar refractivity (Wildman–Crippen MR) is 97.8 cm³/mol. The smallest absolute Gasteiger partial charge is 0.363 e. The second kappa shape index (κ2) is 6.20. The lowest BCUT2D eigenvalue weighted by atomic mass is 9.94. The SMILES string of the molecule is CC1NN2C(=O)N=C(c3ccc(C#N)cc3)C2=C1c1ccc(C(=O)O)cc1. The van der Waals surface area contributed by atoms with E-state index in [2.05, 4.69) is 16.5 Å². The van der Waals surface area contributed by atoms with Crippen LogP contribution in [0.15, 0.2) is 59.2 Å². The third-order valence-electron chi connectivity index (χ3n) is 4.59. The van der Waals surface area contributed by atoms with Gasteiger partial charge in [-0.2, -0.15) is 10.3 Å². The number of hydrogen-bond acceptors (Lipinski definition) is 4. The second-order valence-corrected chi connectivity index (χ2v) is 6.26. The van der Waals surface area contributed by atoms with E-state index in [-0.39, 0.29) is 11.6 Å². The van der Waals surface area contributed by atoms with E-state index in [1.54, 1.807) is 36.4 Å². The van der Waals surface area contributed by atoms with Gasteiger partial charge in [0.25, 0.3) is 0 Å². The Balaban J connectivity index is 1.83. The van der Waals surface area contributed by atoms with Gasteiger partial charge in [0, 0.05) is 11.1 Å². The maximum Gasteiger partial charge on any atom is 0.363 e. The molecule has 0 saturated carbocycles. The number of nitrogens with one attached hydrogen (secondary N) is 1. The van der Waals surface area contributed by atoms with Crippen LogP contribution in [-0.2, 0) is 0 Å². The number of urea groups is 1. The number of aromatic carboxylic acids is 1. The van der Waals surface area contributed by atoms with E-state index < -0.39 is 12.0 Å². The van der Waals surface area contributed by atoms with Crippen molar-refractivity contribution in [3.8, 4) is 6.07 Å². The molecule has 0 spiro atoms. The maximum atomic E-state index is 12.3. The summed E-state index contributed by atoms with van der Waals surface area (Å²) < 4.78 is 0. The van der Waals surface area contributed by atoms with Crippen molar-refractivity contribution in [1.29, 1.82) is 5.26 Å². The largest absolute Gasteiger partial charge is 0.478 e. The molecule has 0 aromatic heterocycles. The Labute approximate surface area is 154 Å². The fraction of sp³-hybridized carbons (Fsp3) is 0.100. The van der Waals surface area contributed by atoms with Crippen molar-refractivity contribution >= 4 is 23.3 Å². The normalized spacial score (nSPS) is 18.4. The molecule has 2 N–H and O–H groups in total. The fourth-order valence-corrected chi connectivity index (χ4v) is 3.31. The van der Waals surface area contributed by atoms with Gasteiger partial charge in [-0.3, -0.25) is 0 Å². The van der Waals surface area contributed by atoms with Gasteiger partial charge < -0.3 is 5.11 Å². The number of carboxylic acid groups (broad SMARTS) is 1. The fourth-order valence-electron chi connectivity index (χ4n) is 3.31. The molecule has 7 heteroatoms. The summed E-state index contributed by atoms with van der Waals surface area (Å²) in [5.41, 5.74) is 7.41. The Morgan fingerprint density at radius 1 is 1.15 bits per heavy atom. The van der Waals surface area contributed by atoms with Crippen LogP contribution in [0.5, 0.6) is 0 Å². The molecule has 2 amide bonds. The number of allylic oxidation sites excluding steroid dienone is 1. The standard InChI is InChI=1S/C20H14N4O3/c1-11-16(13-6-8-15(9-7-13)19(25)26)18-17(22-20(27)24(18)23-11)14-4-2-12(10-21)3-5-14/h2-9,11,23H,1H3,(H,25,26). The molecule has 7 nitrogen and oxygen atoms in total. The summed E-state index contributed by atoms with van der Waals surface area (Å²) >= 11 is 0. The molecule has 0 fully saturated rings. The van der Waals surface area contributed by atoms with Crippen molar-refractivity contribution in [2.24, 2.45) is 4.99 Å². The number of carbonyl (C=O) groups excluding carboxylic acids is 1. The van der Waals surface area contributed by atoms with Crippen LogP contribution in [0.3, 0.4) is 0 Å². The van der Waals surface area contributed by atoms with Gasteiger partial charge in [-0.05, 0) is 36.8 Å². The van der Waals surface area contributed by atoms with Crippen LogP contribution in [-0.4, -0.2) is 33.9 Å². The van der Waals surface area contributed by atoms with Gasteiger partial charge in [0.2, 0.25) is 0 Å². The predicted octanol–water partition coefficient (Wildman–Crippen LogP) is 2.80. The van der Waals surface area contributed by atoms with Crippen LogP contribution in [0.1, 0.15) is 34.0 Å². The molecule has 2 aliphatic heterocycles. The Morgan fingerprint density at radius 3 is 2.37 bits per heavy atom. The molecule has 2 aliphatic rings. The molecule has 1 unspecified atom stereocenters. The van der Waals surface area contributed by atoms with Crippen molar-refractivity contribution in [2.75, 3.05) is 0 Å². The van der Waals surface area contributed by atoms with Crippen molar-refractivity contribution in [3.63, 3.8) is 0 Å². The van der Waals surface area contributed by atoms with E-state index in [4.69, 9.17) is 10.4 Å². The number of benzene rings is 2. The van der Waals surface area contributed by atoms with Crippen molar-refractivity contribution in [3.05, 3.63) is 76.5 Å². The lowest BCUT2D eigenvalue weighted by Crippen LogP contribution is -2.37. The van der Waals surface area contributed by atoms with E-state index >= 15 is 0 Å². The zero-order valence-corrected chi connectivity index (χ0v) is 14.3. The van der Waals surface area contributed by atoms with Crippen molar-refractivity contribution in [1.82, 2.24) is 10.4 Å². The van der Waals surface area contributed by atoms with Crippen LogP contribution in [0.2, 0.25) is 0 Å². The average Bonchev–Trinajstić information content (AvgIpc) is 3.18. The number of carbonyl (C=O) groups is 2. The highest BCUT2D eigenvalue weighted by molar-refractivity contribution is 6.25. The van der Waals surface area contributed by atoms with Gasteiger partial charge in [-0.15, -0.1) is 0 Å². The number of aliphatic imine (C=N–C) groups is 1. The summed E-state index contributed by atoms with van der Waals surface area (Å²) in [6.07, 6.45) is 0. The Hall–Kier alpha value is -3.76. The Bertz CT molecular complexity index is 1060. The quantitative estimate of drug-likeness (QED) is 0.877. The summed E-state index contributed by atoms with van der Waals surface area (Å²) in [6.45, 7) is 1.93. The second-order valence-electron chi connectivity index (χ2n) is 6.26. The van der Waals surface area contributed by atoms with Crippen LogP contribution in [0.25, 0.3) is 5.57 Å². The first-order chi connectivity index (χ1) is 13.0. The molecule has 4 rings (SSSR count). The third-order valence-corrected chi connectivity index (χ3v) is 4.59. The molecule has 27 heavy (non-hydrogen) atoms. The minimum absolute atomic E-state index is 0.150. The van der Waals surface area contributed by atoms with E-state index in [0.29, 0.717) is 17.0 Å². The molecule has 0 radical (unpaired) electrons. The molecule has 2 heterocycles. The van der Waals surface area contributed by atoms with E-state index in [1.807, 2.05) is 6.92 Å². The number of amides is 2. The van der Waals surface area contributed by atoms with Gasteiger partial charge in [-0.1, -0.05) is 24.3 Å². The van der Waals surface area contributed by atoms with Crippen LogP contribution in [0.4, 0.5) is 4.79 Å². The van der Waals surface area contributed by atoms with Crippen LogP contribution >= 0.6 is 0 Å². The molecule has 0 bridgehead atoms. The molecule has 1 atom stereocenters.